The van der Waals surface area contributed by atoms with Crippen molar-refractivity contribution < 1.29 is 23.0 Å². The highest BCUT2D eigenvalue weighted by molar-refractivity contribution is 7.10. The predicted molar refractivity (Wildman–Crippen MR) is 97.9 cm³/mol. The molecule has 0 bridgehead atoms. The minimum Gasteiger partial charge on any atom is -0.495 e. The molecule has 1 heterocycles. The molecule has 2 aromatic carbocycles. The highest BCUT2D eigenvalue weighted by Gasteiger charge is 2.13. The van der Waals surface area contributed by atoms with Crippen LogP contribution in [0.3, 0.4) is 0 Å². The average Bonchev–Trinajstić information content (AvgIpc) is 3.10. The maximum absolute atomic E-state index is 12.3. The number of rotatable bonds is 6. The second-order valence-corrected chi connectivity index (χ2v) is 6.29. The lowest BCUT2D eigenvalue weighted by Crippen LogP contribution is -2.11. The van der Waals surface area contributed by atoms with Crippen LogP contribution in [0, 0.1) is 0 Å². The molecule has 0 aliphatic carbocycles. The van der Waals surface area contributed by atoms with Crippen molar-refractivity contribution in [2.24, 2.45) is 0 Å². The first-order chi connectivity index (χ1) is 13.0. The number of carbonyl (C=O) groups excluding carboxylic acids is 1. The molecule has 140 valence electrons. The number of nitrogens with one attached hydrogen (secondary N) is 1. The third kappa shape index (κ3) is 4.69. The summed E-state index contributed by atoms with van der Waals surface area (Å²) in [7, 11) is 1.48. The van der Waals surface area contributed by atoms with E-state index >= 15 is 0 Å². The standard InChI is InChI=1S/C17H12ClF2N3O3S/c1-25-13-7-4-10(8-12(13)18)15(24)22-17-21-14(23-27-17)9-2-5-11(6-3-9)26-16(19)20/h2-8,16H,1H3,(H,21,22,23,24). The molecule has 0 fully saturated rings. The quantitative estimate of drug-likeness (QED) is 0.635. The van der Waals surface area contributed by atoms with Crippen LogP contribution in [0.5, 0.6) is 11.5 Å². The van der Waals surface area contributed by atoms with Crippen LogP contribution in [0.2, 0.25) is 5.02 Å². The minimum absolute atomic E-state index is 0.0360. The molecule has 1 amide bonds. The lowest BCUT2D eigenvalue weighted by Gasteiger charge is -2.05. The topological polar surface area (TPSA) is 73.3 Å². The number of alkyl halides is 2. The van der Waals surface area contributed by atoms with E-state index in [0.29, 0.717) is 27.7 Å². The summed E-state index contributed by atoms with van der Waals surface area (Å²) < 4.78 is 37.8. The van der Waals surface area contributed by atoms with E-state index in [-0.39, 0.29) is 10.9 Å². The molecule has 6 nitrogen and oxygen atoms in total. The Balaban J connectivity index is 1.70. The van der Waals surface area contributed by atoms with Gasteiger partial charge in [-0.3, -0.25) is 10.1 Å². The van der Waals surface area contributed by atoms with Gasteiger partial charge in [0.1, 0.15) is 11.5 Å². The molecule has 1 aromatic heterocycles. The fourth-order valence-electron chi connectivity index (χ4n) is 2.15. The van der Waals surface area contributed by atoms with Gasteiger partial charge in [-0.2, -0.15) is 18.1 Å². The number of halogens is 3. The van der Waals surface area contributed by atoms with Crippen LogP contribution in [0.4, 0.5) is 13.9 Å². The first-order valence-corrected chi connectivity index (χ1v) is 8.65. The van der Waals surface area contributed by atoms with E-state index in [0.717, 1.165) is 11.5 Å². The van der Waals surface area contributed by atoms with Crippen molar-refractivity contribution in [3.05, 3.63) is 53.1 Å². The summed E-state index contributed by atoms with van der Waals surface area (Å²) in [5.41, 5.74) is 0.937. The summed E-state index contributed by atoms with van der Waals surface area (Å²) in [6, 6.07) is 10.5. The van der Waals surface area contributed by atoms with Gasteiger partial charge >= 0.3 is 6.61 Å². The van der Waals surface area contributed by atoms with E-state index in [1.54, 1.807) is 24.3 Å². The lowest BCUT2D eigenvalue weighted by molar-refractivity contribution is -0.0498. The first-order valence-electron chi connectivity index (χ1n) is 7.50. The molecule has 3 rings (SSSR count). The Bertz CT molecular complexity index is 951. The summed E-state index contributed by atoms with van der Waals surface area (Å²) in [5, 5.41) is 3.23. The smallest absolute Gasteiger partial charge is 0.387 e. The third-order valence-electron chi connectivity index (χ3n) is 3.40. The number of ether oxygens (including phenoxy) is 2. The molecule has 0 aliphatic heterocycles. The van der Waals surface area contributed by atoms with E-state index in [4.69, 9.17) is 16.3 Å². The molecule has 0 spiro atoms. The molecule has 0 unspecified atom stereocenters. The Labute approximate surface area is 161 Å². The summed E-state index contributed by atoms with van der Waals surface area (Å²) in [5.74, 6) is 0.453. The van der Waals surface area contributed by atoms with Crippen LogP contribution in [0.15, 0.2) is 42.5 Å². The molecule has 0 saturated carbocycles. The number of nitrogens with zero attached hydrogens (tertiary/aromatic N) is 2. The van der Waals surface area contributed by atoms with E-state index in [9.17, 15) is 13.6 Å². The second-order valence-electron chi connectivity index (χ2n) is 5.13. The van der Waals surface area contributed by atoms with Crippen molar-refractivity contribution in [2.45, 2.75) is 6.61 Å². The zero-order chi connectivity index (χ0) is 19.4. The van der Waals surface area contributed by atoms with E-state index in [2.05, 4.69) is 19.4 Å². The van der Waals surface area contributed by atoms with Gasteiger partial charge in [-0.05, 0) is 42.5 Å². The van der Waals surface area contributed by atoms with Gasteiger partial charge < -0.3 is 9.47 Å². The van der Waals surface area contributed by atoms with E-state index in [1.807, 2.05) is 0 Å². The fraction of sp³-hybridized carbons (Fsp3) is 0.118. The van der Waals surface area contributed by atoms with Gasteiger partial charge in [0.15, 0.2) is 5.82 Å². The molecule has 0 aliphatic rings. The Morgan fingerprint density at radius 2 is 1.96 bits per heavy atom. The van der Waals surface area contributed by atoms with Gasteiger partial charge in [0.25, 0.3) is 5.91 Å². The number of carbonyl (C=O) groups is 1. The van der Waals surface area contributed by atoms with Crippen molar-refractivity contribution in [1.29, 1.82) is 0 Å². The SMILES string of the molecule is COc1ccc(C(=O)Nc2nc(-c3ccc(OC(F)F)cc3)ns2)cc1Cl. The largest absolute Gasteiger partial charge is 0.495 e. The van der Waals surface area contributed by atoms with Crippen LogP contribution in [-0.4, -0.2) is 29.0 Å². The third-order valence-corrected chi connectivity index (χ3v) is 4.32. The van der Waals surface area contributed by atoms with Crippen molar-refractivity contribution in [3.63, 3.8) is 0 Å². The number of methoxy groups -OCH3 is 1. The lowest BCUT2D eigenvalue weighted by atomic mass is 10.2. The van der Waals surface area contributed by atoms with Crippen molar-refractivity contribution in [1.82, 2.24) is 9.36 Å². The number of benzene rings is 2. The second kappa shape index (κ2) is 8.28. The van der Waals surface area contributed by atoms with Gasteiger partial charge in [-0.15, -0.1) is 0 Å². The highest BCUT2D eigenvalue weighted by atomic mass is 35.5. The summed E-state index contributed by atoms with van der Waals surface area (Å²) >= 11 is 7.01. The Kier molecular flexibility index (Phi) is 5.82. The van der Waals surface area contributed by atoms with Gasteiger partial charge in [-0.25, -0.2) is 0 Å². The molecule has 10 heteroatoms. The van der Waals surface area contributed by atoms with Crippen LogP contribution >= 0.6 is 23.1 Å². The highest BCUT2D eigenvalue weighted by Crippen LogP contribution is 2.27. The van der Waals surface area contributed by atoms with Crippen LogP contribution < -0.4 is 14.8 Å². The molecule has 27 heavy (non-hydrogen) atoms. The zero-order valence-corrected chi connectivity index (χ0v) is 15.4. The zero-order valence-electron chi connectivity index (χ0n) is 13.8. The fourth-order valence-corrected chi connectivity index (χ4v) is 3.00. The number of hydrogen-bond donors (Lipinski definition) is 1. The van der Waals surface area contributed by atoms with E-state index in [1.165, 1.54) is 25.3 Å². The maximum atomic E-state index is 12.3. The van der Waals surface area contributed by atoms with Crippen LogP contribution in [0.25, 0.3) is 11.4 Å². The monoisotopic (exact) mass is 411 g/mol. The van der Waals surface area contributed by atoms with Gasteiger partial charge in [-0.1, -0.05) is 11.6 Å². The summed E-state index contributed by atoms with van der Waals surface area (Å²) in [6.07, 6.45) is 0. The number of hydrogen-bond acceptors (Lipinski definition) is 6. The molecule has 3 aromatic rings. The van der Waals surface area contributed by atoms with Crippen molar-refractivity contribution in [3.8, 4) is 22.9 Å². The van der Waals surface area contributed by atoms with Crippen molar-refractivity contribution >= 4 is 34.2 Å². The predicted octanol–water partition coefficient (Wildman–Crippen LogP) is 4.72. The minimum atomic E-state index is -2.89. The molecule has 0 radical (unpaired) electrons. The van der Waals surface area contributed by atoms with Crippen LogP contribution in [-0.2, 0) is 0 Å². The number of anilines is 1. The van der Waals surface area contributed by atoms with Crippen LogP contribution in [0.1, 0.15) is 10.4 Å². The number of amides is 1. The molecule has 1 N–H and O–H groups in total. The average molecular weight is 412 g/mol. The Morgan fingerprint density at radius 3 is 2.59 bits per heavy atom. The molecular weight excluding hydrogens is 400 g/mol. The van der Waals surface area contributed by atoms with Gasteiger partial charge in [0.05, 0.1) is 12.1 Å². The van der Waals surface area contributed by atoms with Crippen molar-refractivity contribution in [2.75, 3.05) is 12.4 Å². The van der Waals surface area contributed by atoms with Gasteiger partial charge in [0.2, 0.25) is 5.13 Å². The first kappa shape index (κ1) is 19.0. The summed E-state index contributed by atoms with van der Waals surface area (Å²) in [4.78, 5) is 16.5. The Hall–Kier alpha value is -2.78. The summed E-state index contributed by atoms with van der Waals surface area (Å²) in [6.45, 7) is -2.89. The normalized spacial score (nSPS) is 10.7. The molecular formula is C17H12ClF2N3O3S. The molecule has 0 saturated heterocycles. The number of aromatic nitrogens is 2. The Morgan fingerprint density at radius 1 is 1.22 bits per heavy atom. The molecule has 0 atom stereocenters. The van der Waals surface area contributed by atoms with Gasteiger partial charge in [0, 0.05) is 22.7 Å². The van der Waals surface area contributed by atoms with E-state index < -0.39 is 12.5 Å². The maximum Gasteiger partial charge on any atom is 0.387 e.